The van der Waals surface area contributed by atoms with Crippen molar-refractivity contribution in [1.82, 2.24) is 0 Å². The zero-order chi connectivity index (χ0) is 18.2. The molecule has 0 aliphatic heterocycles. The molecular weight excluding hydrogens is 411 g/mol. The van der Waals surface area contributed by atoms with Crippen molar-refractivity contribution in [3.63, 3.8) is 0 Å². The van der Waals surface area contributed by atoms with Crippen molar-refractivity contribution in [2.75, 3.05) is 12.4 Å². The molecule has 0 N–H and O–H groups in total. The molecule has 26 heavy (non-hydrogen) atoms. The van der Waals surface area contributed by atoms with E-state index in [9.17, 15) is 8.42 Å². The van der Waals surface area contributed by atoms with Crippen molar-refractivity contribution < 1.29 is 13.2 Å². The molecule has 134 valence electrons. The van der Waals surface area contributed by atoms with Crippen LogP contribution in [0.4, 0.5) is 0 Å². The molecule has 0 spiro atoms. The van der Waals surface area contributed by atoms with Gasteiger partial charge in [-0.2, -0.15) is 0 Å². The Morgan fingerprint density at radius 1 is 0.769 bits per heavy atom. The summed E-state index contributed by atoms with van der Waals surface area (Å²) in [4.78, 5) is 0.295. The summed E-state index contributed by atoms with van der Waals surface area (Å²) in [6.45, 7) is 0.380. The Labute approximate surface area is 161 Å². The zero-order valence-electron chi connectivity index (χ0n) is 14.2. The van der Waals surface area contributed by atoms with E-state index in [1.165, 1.54) is 4.46 Å². The van der Waals surface area contributed by atoms with Crippen molar-refractivity contribution in [2.24, 2.45) is 0 Å². The average molecular weight is 431 g/mol. The molecule has 3 nitrogen and oxygen atoms in total. The van der Waals surface area contributed by atoms with E-state index in [1.54, 1.807) is 24.3 Å². The molecule has 0 heterocycles. The van der Waals surface area contributed by atoms with Gasteiger partial charge in [0, 0.05) is 0 Å². The molecule has 0 aromatic heterocycles. The van der Waals surface area contributed by atoms with Gasteiger partial charge in [0.05, 0.1) is 0 Å². The summed E-state index contributed by atoms with van der Waals surface area (Å²) in [6.07, 6.45) is 0. The van der Waals surface area contributed by atoms with Gasteiger partial charge in [-0.25, -0.2) is 0 Å². The number of ether oxygens (including phenoxy) is 1. The van der Waals surface area contributed by atoms with Crippen LogP contribution in [0.25, 0.3) is 0 Å². The Hall–Kier alpha value is -2.07. The van der Waals surface area contributed by atoms with Crippen molar-refractivity contribution in [2.45, 2.75) is 9.71 Å². The molecule has 0 fully saturated rings. The molecule has 0 saturated heterocycles. The van der Waals surface area contributed by atoms with E-state index < -0.39 is 9.84 Å². The Morgan fingerprint density at radius 2 is 1.31 bits per heavy atom. The molecule has 3 rings (SSSR count). The quantitative estimate of drug-likeness (QED) is 0.514. The van der Waals surface area contributed by atoms with Gasteiger partial charge in [0.1, 0.15) is 0 Å². The van der Waals surface area contributed by atoms with Crippen LogP contribution >= 0.6 is 0 Å². The molecule has 0 bridgehead atoms. The number of sulfone groups is 1. The fourth-order valence-electron chi connectivity index (χ4n) is 2.48. The van der Waals surface area contributed by atoms with Crippen LogP contribution in [0.15, 0.2) is 95.9 Å². The predicted octanol–water partition coefficient (Wildman–Crippen LogP) is 3.36. The number of para-hydroxylation sites is 1. The van der Waals surface area contributed by atoms with Gasteiger partial charge in [-0.05, 0) is 0 Å². The van der Waals surface area contributed by atoms with E-state index >= 15 is 0 Å². The van der Waals surface area contributed by atoms with Crippen molar-refractivity contribution in [3.8, 4) is 5.75 Å². The fraction of sp³-hybridized carbons (Fsp3) is 0.143. The number of rotatable bonds is 8. The van der Waals surface area contributed by atoms with E-state index in [4.69, 9.17) is 4.74 Å². The van der Waals surface area contributed by atoms with Gasteiger partial charge < -0.3 is 0 Å². The molecule has 0 saturated carbocycles. The SMILES string of the molecule is O=S(=O)(C[C@@H](COc1ccccc1)[Se]c1ccccc1)c1ccccc1. The normalized spacial score (nSPS) is 12.5. The Kier molecular flexibility index (Phi) is 6.50. The standard InChI is InChI=1S/C21H20O3SSe/c22-25(23,19-12-6-2-7-13-19)17-21(26-20-14-8-3-9-15-20)16-24-18-10-4-1-5-11-18/h1-15,21H,16-17H2/t21-/m1/s1. The van der Waals surface area contributed by atoms with Gasteiger partial charge >= 0.3 is 161 Å². The molecule has 3 aromatic rings. The topological polar surface area (TPSA) is 43.4 Å². The van der Waals surface area contributed by atoms with Gasteiger partial charge in [-0.1, -0.05) is 0 Å². The molecule has 0 aliphatic rings. The van der Waals surface area contributed by atoms with E-state index in [2.05, 4.69) is 0 Å². The third-order valence-corrected chi connectivity index (χ3v) is 8.52. The first-order chi connectivity index (χ1) is 12.6. The summed E-state index contributed by atoms with van der Waals surface area (Å²) in [5, 5.41) is 0. The molecule has 3 aromatic carbocycles. The average Bonchev–Trinajstić information content (AvgIpc) is 2.68. The van der Waals surface area contributed by atoms with Crippen molar-refractivity contribution in [1.29, 1.82) is 0 Å². The van der Waals surface area contributed by atoms with Gasteiger partial charge in [0.25, 0.3) is 0 Å². The third kappa shape index (κ3) is 5.46. The molecule has 0 radical (unpaired) electrons. The van der Waals surface area contributed by atoms with Gasteiger partial charge in [0.2, 0.25) is 0 Å². The van der Waals surface area contributed by atoms with Crippen LogP contribution in [0.1, 0.15) is 0 Å². The predicted molar refractivity (Wildman–Crippen MR) is 106 cm³/mol. The van der Waals surface area contributed by atoms with Gasteiger partial charge in [0.15, 0.2) is 0 Å². The van der Waals surface area contributed by atoms with Crippen LogP contribution in [-0.4, -0.2) is 35.7 Å². The van der Waals surface area contributed by atoms with Crippen LogP contribution in [0.3, 0.4) is 0 Å². The summed E-state index contributed by atoms with van der Waals surface area (Å²) in [6, 6.07) is 28.2. The zero-order valence-corrected chi connectivity index (χ0v) is 16.7. The molecule has 1 atom stereocenters. The minimum atomic E-state index is -3.35. The first kappa shape index (κ1) is 18.7. The Balaban J connectivity index is 1.75. The first-order valence-corrected chi connectivity index (χ1v) is 11.8. The third-order valence-electron chi connectivity index (χ3n) is 3.73. The fourth-order valence-corrected chi connectivity index (χ4v) is 7.21. The van der Waals surface area contributed by atoms with E-state index in [0.717, 1.165) is 5.75 Å². The summed E-state index contributed by atoms with van der Waals surface area (Å²) < 4.78 is 32.6. The van der Waals surface area contributed by atoms with E-state index in [-0.39, 0.29) is 25.5 Å². The first-order valence-electron chi connectivity index (χ1n) is 8.31. The number of hydrogen-bond donors (Lipinski definition) is 0. The summed E-state index contributed by atoms with van der Waals surface area (Å²) >= 11 is -0.00209. The summed E-state index contributed by atoms with van der Waals surface area (Å²) in [5.74, 6) is 0.845. The summed E-state index contributed by atoms with van der Waals surface area (Å²) in [5.41, 5.74) is 0. The van der Waals surface area contributed by atoms with E-state index in [0.29, 0.717) is 11.5 Å². The maximum atomic E-state index is 12.8. The molecule has 0 amide bonds. The van der Waals surface area contributed by atoms with Crippen LogP contribution in [0, 0.1) is 0 Å². The molecular formula is C21H20O3SSe. The number of benzene rings is 3. The second kappa shape index (κ2) is 9.04. The second-order valence-electron chi connectivity index (χ2n) is 5.77. The van der Waals surface area contributed by atoms with Gasteiger partial charge in [-0.15, -0.1) is 0 Å². The Morgan fingerprint density at radius 3 is 1.92 bits per heavy atom. The van der Waals surface area contributed by atoms with Crippen LogP contribution < -0.4 is 9.20 Å². The van der Waals surface area contributed by atoms with Crippen LogP contribution in [-0.2, 0) is 9.84 Å². The minimum absolute atomic E-state index is 0.00209. The van der Waals surface area contributed by atoms with Crippen molar-refractivity contribution in [3.05, 3.63) is 91.0 Å². The summed E-state index contributed by atoms with van der Waals surface area (Å²) in [7, 11) is -3.35. The number of hydrogen-bond acceptors (Lipinski definition) is 3. The van der Waals surface area contributed by atoms with Crippen LogP contribution in [0.5, 0.6) is 5.75 Å². The van der Waals surface area contributed by atoms with E-state index in [1.807, 2.05) is 66.7 Å². The molecule has 5 heteroatoms. The van der Waals surface area contributed by atoms with Crippen molar-refractivity contribution >= 4 is 29.3 Å². The Bertz CT molecular complexity index is 898. The molecule has 0 aliphatic carbocycles. The monoisotopic (exact) mass is 432 g/mol. The van der Waals surface area contributed by atoms with Gasteiger partial charge in [-0.3, -0.25) is 0 Å². The second-order valence-corrected chi connectivity index (χ2v) is 10.7. The molecule has 0 unspecified atom stereocenters. The maximum absolute atomic E-state index is 12.8. The van der Waals surface area contributed by atoms with Crippen LogP contribution in [0.2, 0.25) is 4.82 Å².